The molecule has 0 aliphatic carbocycles. The van der Waals surface area contributed by atoms with E-state index < -0.39 is 10.0 Å². The van der Waals surface area contributed by atoms with Crippen LogP contribution in [0.15, 0.2) is 29.2 Å². The first-order valence-corrected chi connectivity index (χ1v) is 7.62. The van der Waals surface area contributed by atoms with Gasteiger partial charge in [-0.1, -0.05) is 32.0 Å². The molecular weight excluding hydrogens is 234 g/mol. The summed E-state index contributed by atoms with van der Waals surface area (Å²) in [4.78, 5) is 0.451. The van der Waals surface area contributed by atoms with Gasteiger partial charge in [0.05, 0.1) is 4.90 Å². The van der Waals surface area contributed by atoms with Gasteiger partial charge in [-0.3, -0.25) is 0 Å². The molecule has 0 radical (unpaired) electrons. The Morgan fingerprint density at radius 2 is 1.59 bits per heavy atom. The number of sulfonamides is 1. The lowest BCUT2D eigenvalue weighted by Crippen LogP contribution is -2.28. The Morgan fingerprint density at radius 3 is 2.12 bits per heavy atom. The first-order valence-electron chi connectivity index (χ1n) is 6.18. The SMILES string of the molecule is CC.Cc1ccccc1S(=O)(=O)N1CCCC1. The van der Waals surface area contributed by atoms with Gasteiger partial charge in [0, 0.05) is 13.1 Å². The molecule has 1 saturated heterocycles. The van der Waals surface area contributed by atoms with Crippen LogP contribution >= 0.6 is 0 Å². The third-order valence-corrected chi connectivity index (χ3v) is 4.84. The van der Waals surface area contributed by atoms with Crippen LogP contribution in [0.3, 0.4) is 0 Å². The average molecular weight is 255 g/mol. The Labute approximate surface area is 105 Å². The summed E-state index contributed by atoms with van der Waals surface area (Å²) in [5.74, 6) is 0. The molecule has 0 N–H and O–H groups in total. The molecule has 0 unspecified atom stereocenters. The summed E-state index contributed by atoms with van der Waals surface area (Å²) >= 11 is 0. The first kappa shape index (κ1) is 14.2. The summed E-state index contributed by atoms with van der Waals surface area (Å²) in [6.45, 7) is 7.16. The standard InChI is InChI=1S/C11H15NO2S.C2H6/c1-10-6-2-3-7-11(10)15(13,14)12-8-4-5-9-12;1-2/h2-3,6-7H,4-5,8-9H2,1H3;1-2H3. The van der Waals surface area contributed by atoms with Crippen molar-refractivity contribution in [1.29, 1.82) is 0 Å². The Hall–Kier alpha value is -0.870. The summed E-state index contributed by atoms with van der Waals surface area (Å²) in [7, 11) is -3.24. The van der Waals surface area contributed by atoms with Crippen LogP contribution in [-0.4, -0.2) is 25.8 Å². The quantitative estimate of drug-likeness (QED) is 0.815. The van der Waals surface area contributed by atoms with E-state index >= 15 is 0 Å². The summed E-state index contributed by atoms with van der Waals surface area (Å²) in [5, 5.41) is 0. The van der Waals surface area contributed by atoms with E-state index in [0.717, 1.165) is 18.4 Å². The fourth-order valence-corrected chi connectivity index (χ4v) is 3.66. The molecular formula is C13H21NO2S. The fourth-order valence-electron chi connectivity index (χ4n) is 1.91. The molecule has 4 heteroatoms. The van der Waals surface area contributed by atoms with Gasteiger partial charge in [0.2, 0.25) is 10.0 Å². The lowest BCUT2D eigenvalue weighted by molar-refractivity contribution is 0.477. The van der Waals surface area contributed by atoms with E-state index in [-0.39, 0.29) is 0 Å². The van der Waals surface area contributed by atoms with Crippen LogP contribution in [-0.2, 0) is 10.0 Å². The van der Waals surface area contributed by atoms with Gasteiger partial charge < -0.3 is 0 Å². The maximum absolute atomic E-state index is 12.2. The second-order valence-electron chi connectivity index (χ2n) is 3.88. The van der Waals surface area contributed by atoms with Gasteiger partial charge in [0.15, 0.2) is 0 Å². The van der Waals surface area contributed by atoms with Crippen LogP contribution in [0.25, 0.3) is 0 Å². The van der Waals surface area contributed by atoms with Crippen LogP contribution in [0.2, 0.25) is 0 Å². The molecule has 0 spiro atoms. The van der Waals surface area contributed by atoms with Crippen molar-refractivity contribution in [1.82, 2.24) is 4.31 Å². The van der Waals surface area contributed by atoms with E-state index in [0.29, 0.717) is 18.0 Å². The van der Waals surface area contributed by atoms with Gasteiger partial charge >= 0.3 is 0 Å². The van der Waals surface area contributed by atoms with Crippen LogP contribution < -0.4 is 0 Å². The molecule has 1 aliphatic heterocycles. The van der Waals surface area contributed by atoms with E-state index in [1.165, 1.54) is 0 Å². The highest BCUT2D eigenvalue weighted by Gasteiger charge is 2.27. The highest BCUT2D eigenvalue weighted by atomic mass is 32.2. The lowest BCUT2D eigenvalue weighted by atomic mass is 10.2. The molecule has 0 saturated carbocycles. The molecule has 0 bridgehead atoms. The molecule has 17 heavy (non-hydrogen) atoms. The van der Waals surface area contributed by atoms with E-state index in [1.54, 1.807) is 16.4 Å². The van der Waals surface area contributed by atoms with Crippen molar-refractivity contribution in [2.45, 2.75) is 38.5 Å². The predicted molar refractivity (Wildman–Crippen MR) is 70.5 cm³/mol. The molecule has 1 aromatic rings. The highest BCUT2D eigenvalue weighted by Crippen LogP contribution is 2.22. The number of aryl methyl sites for hydroxylation is 1. The Balaban J connectivity index is 0.000000686. The molecule has 1 heterocycles. The van der Waals surface area contributed by atoms with Crippen molar-refractivity contribution in [2.24, 2.45) is 0 Å². The molecule has 96 valence electrons. The molecule has 1 aliphatic rings. The van der Waals surface area contributed by atoms with Crippen LogP contribution in [0.5, 0.6) is 0 Å². The fraction of sp³-hybridized carbons (Fsp3) is 0.538. The Kier molecular flexibility index (Phi) is 5.15. The van der Waals surface area contributed by atoms with E-state index in [4.69, 9.17) is 0 Å². The molecule has 1 fully saturated rings. The Bertz CT molecular complexity index is 448. The third-order valence-electron chi connectivity index (χ3n) is 2.78. The van der Waals surface area contributed by atoms with Crippen molar-refractivity contribution in [3.8, 4) is 0 Å². The minimum atomic E-state index is -3.24. The zero-order valence-electron chi connectivity index (χ0n) is 10.8. The first-order chi connectivity index (χ1) is 8.12. The van der Waals surface area contributed by atoms with Crippen molar-refractivity contribution < 1.29 is 8.42 Å². The maximum Gasteiger partial charge on any atom is 0.243 e. The predicted octanol–water partition coefficient (Wildman–Crippen LogP) is 2.81. The molecule has 0 amide bonds. The van der Waals surface area contributed by atoms with Gasteiger partial charge in [0.25, 0.3) is 0 Å². The van der Waals surface area contributed by atoms with Crippen molar-refractivity contribution >= 4 is 10.0 Å². The van der Waals surface area contributed by atoms with Gasteiger partial charge in [-0.25, -0.2) is 8.42 Å². The summed E-state index contributed by atoms with van der Waals surface area (Å²) < 4.78 is 25.9. The number of benzene rings is 1. The van der Waals surface area contributed by atoms with Crippen molar-refractivity contribution in [3.05, 3.63) is 29.8 Å². The minimum absolute atomic E-state index is 0.451. The minimum Gasteiger partial charge on any atom is -0.207 e. The monoisotopic (exact) mass is 255 g/mol. The number of hydrogen-bond acceptors (Lipinski definition) is 2. The average Bonchev–Trinajstić information content (AvgIpc) is 2.86. The highest BCUT2D eigenvalue weighted by molar-refractivity contribution is 7.89. The zero-order valence-corrected chi connectivity index (χ0v) is 11.6. The second-order valence-corrected chi connectivity index (χ2v) is 5.78. The molecule has 1 aromatic carbocycles. The van der Waals surface area contributed by atoms with E-state index in [1.807, 2.05) is 32.9 Å². The van der Waals surface area contributed by atoms with Crippen molar-refractivity contribution in [3.63, 3.8) is 0 Å². The maximum atomic E-state index is 12.2. The van der Waals surface area contributed by atoms with Gasteiger partial charge in [-0.2, -0.15) is 4.31 Å². The van der Waals surface area contributed by atoms with Crippen LogP contribution in [0.4, 0.5) is 0 Å². The smallest absolute Gasteiger partial charge is 0.207 e. The molecule has 3 nitrogen and oxygen atoms in total. The molecule has 0 atom stereocenters. The van der Waals surface area contributed by atoms with Gasteiger partial charge in [-0.15, -0.1) is 0 Å². The Morgan fingerprint density at radius 1 is 1.06 bits per heavy atom. The van der Waals surface area contributed by atoms with Crippen molar-refractivity contribution in [2.75, 3.05) is 13.1 Å². The molecule has 0 aromatic heterocycles. The van der Waals surface area contributed by atoms with Crippen LogP contribution in [0.1, 0.15) is 32.3 Å². The van der Waals surface area contributed by atoms with E-state index in [2.05, 4.69) is 0 Å². The summed E-state index contributed by atoms with van der Waals surface area (Å²) in [6, 6.07) is 7.15. The third kappa shape index (κ3) is 3.07. The summed E-state index contributed by atoms with van der Waals surface area (Å²) in [6.07, 6.45) is 1.95. The zero-order chi connectivity index (χ0) is 12.9. The number of nitrogens with zero attached hydrogens (tertiary/aromatic N) is 1. The number of rotatable bonds is 2. The van der Waals surface area contributed by atoms with Crippen LogP contribution in [0, 0.1) is 6.92 Å². The largest absolute Gasteiger partial charge is 0.243 e. The summed E-state index contributed by atoms with van der Waals surface area (Å²) in [5.41, 5.74) is 0.824. The topological polar surface area (TPSA) is 37.4 Å². The second kappa shape index (κ2) is 6.17. The van der Waals surface area contributed by atoms with Gasteiger partial charge in [0.1, 0.15) is 0 Å². The van der Waals surface area contributed by atoms with E-state index in [9.17, 15) is 8.42 Å². The lowest BCUT2D eigenvalue weighted by Gasteiger charge is -2.16. The molecule has 2 rings (SSSR count). The van der Waals surface area contributed by atoms with Gasteiger partial charge in [-0.05, 0) is 31.4 Å². The normalized spacial score (nSPS) is 16.4. The number of hydrogen-bond donors (Lipinski definition) is 0.